The smallest absolute Gasteiger partial charge is 0.406 e. The average Bonchev–Trinajstić information content (AvgIpc) is 2.36. The van der Waals surface area contributed by atoms with Crippen molar-refractivity contribution in [2.45, 2.75) is 12.2 Å². The molecule has 20 heavy (non-hydrogen) atoms. The maximum atomic E-state index is 12.2. The summed E-state index contributed by atoms with van der Waals surface area (Å²) in [7, 11) is 0. The van der Waals surface area contributed by atoms with Crippen molar-refractivity contribution in [2.24, 2.45) is 0 Å². The van der Waals surface area contributed by atoms with Gasteiger partial charge in [-0.15, -0.1) is 24.8 Å². The summed E-state index contributed by atoms with van der Waals surface area (Å²) in [5.74, 6) is 0.0320. The molecule has 0 fully saturated rings. The van der Waals surface area contributed by atoms with Crippen LogP contribution in [0.3, 0.4) is 0 Å². The van der Waals surface area contributed by atoms with Crippen molar-refractivity contribution >= 4 is 23.2 Å². The van der Waals surface area contributed by atoms with Gasteiger partial charge in [0.05, 0.1) is 0 Å². The molecular weight excluding hydrogens is 312 g/mol. The third-order valence-electron chi connectivity index (χ3n) is 2.57. The fraction of sp³-hybridized carbons (Fsp3) is 0.143. The molecule has 0 aliphatic carbocycles. The van der Waals surface area contributed by atoms with Crippen molar-refractivity contribution < 1.29 is 17.9 Å². The second-order valence-electron chi connectivity index (χ2n) is 4.02. The molecular formula is C14H9Cl2F3O. The van der Waals surface area contributed by atoms with Crippen molar-refractivity contribution in [3.63, 3.8) is 0 Å². The van der Waals surface area contributed by atoms with E-state index in [1.165, 1.54) is 18.2 Å². The molecule has 0 atom stereocenters. The Morgan fingerprint density at radius 2 is 1.80 bits per heavy atom. The lowest BCUT2D eigenvalue weighted by Gasteiger charge is -2.11. The maximum Gasteiger partial charge on any atom is 0.573 e. The summed E-state index contributed by atoms with van der Waals surface area (Å²) in [6.07, 6.45) is -4.72. The zero-order chi connectivity index (χ0) is 14.8. The Kier molecular flexibility index (Phi) is 4.45. The van der Waals surface area contributed by atoms with Crippen LogP contribution in [0, 0.1) is 0 Å². The molecule has 0 amide bonds. The van der Waals surface area contributed by atoms with Crippen molar-refractivity contribution in [1.29, 1.82) is 0 Å². The van der Waals surface area contributed by atoms with Crippen molar-refractivity contribution in [3.8, 4) is 16.9 Å². The Morgan fingerprint density at radius 3 is 2.40 bits per heavy atom. The molecule has 0 spiro atoms. The van der Waals surface area contributed by atoms with Gasteiger partial charge < -0.3 is 4.74 Å². The second-order valence-corrected chi connectivity index (χ2v) is 4.70. The van der Waals surface area contributed by atoms with Crippen LogP contribution in [0.5, 0.6) is 5.75 Å². The number of hydrogen-bond donors (Lipinski definition) is 0. The molecule has 0 bridgehead atoms. The number of benzene rings is 2. The standard InChI is InChI=1S/C14H9Cl2F3O/c15-8-9-4-5-12(13(16)6-9)10-2-1-3-11(7-10)20-14(17,18)19/h1-7H,8H2. The van der Waals surface area contributed by atoms with E-state index in [1.54, 1.807) is 24.3 Å². The number of alkyl halides is 4. The number of rotatable bonds is 3. The highest BCUT2D eigenvalue weighted by molar-refractivity contribution is 6.33. The summed E-state index contributed by atoms with van der Waals surface area (Å²) in [6, 6.07) is 10.8. The number of ether oxygens (including phenoxy) is 1. The zero-order valence-electron chi connectivity index (χ0n) is 10.0. The van der Waals surface area contributed by atoms with Crippen LogP contribution < -0.4 is 4.74 Å². The molecule has 2 aromatic carbocycles. The Labute approximate surface area is 123 Å². The van der Waals surface area contributed by atoms with Crippen molar-refractivity contribution in [3.05, 3.63) is 53.1 Å². The van der Waals surface area contributed by atoms with Crippen LogP contribution in [0.4, 0.5) is 13.2 Å². The van der Waals surface area contributed by atoms with E-state index < -0.39 is 6.36 Å². The molecule has 0 N–H and O–H groups in total. The fourth-order valence-electron chi connectivity index (χ4n) is 1.74. The van der Waals surface area contributed by atoms with Gasteiger partial charge in [0.25, 0.3) is 0 Å². The first kappa shape index (κ1) is 15.0. The van der Waals surface area contributed by atoms with Gasteiger partial charge in [0.2, 0.25) is 0 Å². The lowest BCUT2D eigenvalue weighted by atomic mass is 10.0. The van der Waals surface area contributed by atoms with E-state index in [-0.39, 0.29) is 5.75 Å². The predicted octanol–water partition coefficient (Wildman–Crippen LogP) is 5.64. The van der Waals surface area contributed by atoms with E-state index in [0.717, 1.165) is 5.56 Å². The second kappa shape index (κ2) is 5.94. The highest BCUT2D eigenvalue weighted by Gasteiger charge is 2.31. The van der Waals surface area contributed by atoms with Gasteiger partial charge >= 0.3 is 6.36 Å². The molecule has 0 radical (unpaired) electrons. The van der Waals surface area contributed by atoms with Crippen molar-refractivity contribution in [1.82, 2.24) is 0 Å². The molecule has 0 heterocycles. The maximum absolute atomic E-state index is 12.2. The van der Waals surface area contributed by atoms with E-state index in [4.69, 9.17) is 23.2 Å². The van der Waals surface area contributed by atoms with E-state index in [2.05, 4.69) is 4.74 Å². The lowest BCUT2D eigenvalue weighted by Crippen LogP contribution is -2.17. The van der Waals surface area contributed by atoms with Crippen LogP contribution in [0.2, 0.25) is 5.02 Å². The fourth-order valence-corrected chi connectivity index (χ4v) is 2.22. The first-order chi connectivity index (χ1) is 9.39. The molecule has 0 unspecified atom stereocenters. The highest BCUT2D eigenvalue weighted by atomic mass is 35.5. The predicted molar refractivity (Wildman–Crippen MR) is 73.1 cm³/mol. The van der Waals surface area contributed by atoms with Gasteiger partial charge in [-0.1, -0.05) is 35.9 Å². The third kappa shape index (κ3) is 3.81. The van der Waals surface area contributed by atoms with Gasteiger partial charge in [-0.05, 0) is 29.3 Å². The van der Waals surface area contributed by atoms with E-state index >= 15 is 0 Å². The summed E-state index contributed by atoms with van der Waals surface area (Å²) < 4.78 is 40.5. The van der Waals surface area contributed by atoms with Gasteiger partial charge in [-0.3, -0.25) is 0 Å². The monoisotopic (exact) mass is 320 g/mol. The normalized spacial score (nSPS) is 11.4. The first-order valence-electron chi connectivity index (χ1n) is 5.59. The molecule has 1 nitrogen and oxygen atoms in total. The van der Waals surface area contributed by atoms with E-state index in [0.29, 0.717) is 22.0 Å². The molecule has 2 rings (SSSR count). The summed E-state index contributed by atoms with van der Waals surface area (Å²) in [6.45, 7) is 0. The van der Waals surface area contributed by atoms with Crippen LogP contribution in [-0.4, -0.2) is 6.36 Å². The molecule has 0 aliphatic heterocycles. The highest BCUT2D eigenvalue weighted by Crippen LogP contribution is 2.32. The topological polar surface area (TPSA) is 9.23 Å². The summed E-state index contributed by atoms with van der Waals surface area (Å²) in [4.78, 5) is 0. The molecule has 106 valence electrons. The van der Waals surface area contributed by atoms with E-state index in [9.17, 15) is 13.2 Å². The van der Waals surface area contributed by atoms with Crippen LogP contribution in [0.25, 0.3) is 11.1 Å². The Morgan fingerprint density at radius 1 is 1.05 bits per heavy atom. The average molecular weight is 321 g/mol. The number of hydrogen-bond acceptors (Lipinski definition) is 1. The minimum atomic E-state index is -4.72. The van der Waals surface area contributed by atoms with Crippen molar-refractivity contribution in [2.75, 3.05) is 0 Å². The third-order valence-corrected chi connectivity index (χ3v) is 3.19. The van der Waals surface area contributed by atoms with Gasteiger partial charge in [0.1, 0.15) is 5.75 Å². The zero-order valence-corrected chi connectivity index (χ0v) is 11.6. The molecule has 2 aromatic rings. The Bertz CT molecular complexity index is 612. The SMILES string of the molecule is FC(F)(F)Oc1cccc(-c2ccc(CCl)cc2Cl)c1. The first-order valence-corrected chi connectivity index (χ1v) is 6.51. The molecule has 6 heteroatoms. The molecule has 0 aromatic heterocycles. The van der Waals surface area contributed by atoms with Crippen LogP contribution in [0.15, 0.2) is 42.5 Å². The minimum absolute atomic E-state index is 0.285. The van der Waals surface area contributed by atoms with Gasteiger partial charge in [0.15, 0.2) is 0 Å². The van der Waals surface area contributed by atoms with Gasteiger partial charge in [-0.2, -0.15) is 0 Å². The van der Waals surface area contributed by atoms with Gasteiger partial charge in [-0.25, -0.2) is 0 Å². The molecule has 0 aliphatic rings. The Balaban J connectivity index is 2.36. The summed E-state index contributed by atoms with van der Waals surface area (Å²) in [5, 5.41) is 0.423. The Hall–Kier alpha value is -1.39. The van der Waals surface area contributed by atoms with Crippen LogP contribution in [-0.2, 0) is 5.88 Å². The lowest BCUT2D eigenvalue weighted by molar-refractivity contribution is -0.274. The number of halogens is 5. The molecule has 0 saturated carbocycles. The van der Waals surface area contributed by atoms with E-state index in [1.807, 2.05) is 0 Å². The van der Waals surface area contributed by atoms with Gasteiger partial charge in [0, 0.05) is 16.5 Å². The molecule has 0 saturated heterocycles. The summed E-state index contributed by atoms with van der Waals surface area (Å²) in [5.41, 5.74) is 1.99. The quantitative estimate of drug-likeness (QED) is 0.664. The van der Waals surface area contributed by atoms with Crippen LogP contribution >= 0.6 is 23.2 Å². The minimum Gasteiger partial charge on any atom is -0.406 e. The van der Waals surface area contributed by atoms with Crippen LogP contribution in [0.1, 0.15) is 5.56 Å². The summed E-state index contributed by atoms with van der Waals surface area (Å²) >= 11 is 11.8. The largest absolute Gasteiger partial charge is 0.573 e.